The molecular formula is C24H20FN3O3S2. The molecule has 0 unspecified atom stereocenters. The molecule has 4 aromatic rings. The maximum Gasteiger partial charge on any atom is 0.324 e. The summed E-state index contributed by atoms with van der Waals surface area (Å²) in [6.07, 6.45) is 3.25. The Morgan fingerprint density at radius 1 is 1.03 bits per heavy atom. The maximum atomic E-state index is 13.5. The lowest BCUT2D eigenvalue weighted by Gasteiger charge is -2.05. The number of unbranched alkanes of at least 4 members (excludes halogenated alkanes) is 1. The standard InChI is InChI=1S/C24H20FN3O3S2/c1-2-3-4-15-5-7-16(8-6-15)21-22(17-9-11-18(25)12-10-17)33-24(26-21)27-23(29)19-13-14-20(32-19)28(30)31/h5-14H,2-4H2,1H3,(H,26,27,29). The number of aromatic nitrogens is 1. The molecule has 0 fully saturated rings. The van der Waals surface area contributed by atoms with Gasteiger partial charge in [-0.15, -0.1) is 0 Å². The molecule has 0 aliphatic carbocycles. The van der Waals surface area contributed by atoms with Crippen LogP contribution < -0.4 is 5.32 Å². The van der Waals surface area contributed by atoms with Crippen molar-refractivity contribution in [1.29, 1.82) is 0 Å². The fraction of sp³-hybridized carbons (Fsp3) is 0.167. The monoisotopic (exact) mass is 481 g/mol. The maximum absolute atomic E-state index is 13.5. The number of aryl methyl sites for hydroxylation is 1. The van der Waals surface area contributed by atoms with E-state index in [2.05, 4.69) is 29.4 Å². The average Bonchev–Trinajstić information content (AvgIpc) is 3.47. The van der Waals surface area contributed by atoms with E-state index in [1.54, 1.807) is 12.1 Å². The van der Waals surface area contributed by atoms with Gasteiger partial charge in [0.1, 0.15) is 5.82 Å². The highest BCUT2D eigenvalue weighted by molar-refractivity contribution is 7.20. The molecule has 0 bridgehead atoms. The first kappa shape index (κ1) is 22.8. The molecule has 4 rings (SSSR count). The Kier molecular flexibility index (Phi) is 6.90. The minimum atomic E-state index is -0.528. The molecule has 0 aliphatic heterocycles. The van der Waals surface area contributed by atoms with E-state index in [0.717, 1.165) is 46.6 Å². The topological polar surface area (TPSA) is 85.1 Å². The first-order chi connectivity index (χ1) is 15.9. The quantitative estimate of drug-likeness (QED) is 0.213. The number of anilines is 1. The number of nitrogens with zero attached hydrogens (tertiary/aromatic N) is 2. The molecule has 0 saturated heterocycles. The summed E-state index contributed by atoms with van der Waals surface area (Å²) in [5.74, 6) is -0.799. The third-order valence-corrected chi connectivity index (χ3v) is 7.05. The van der Waals surface area contributed by atoms with Gasteiger partial charge in [0.25, 0.3) is 5.91 Å². The lowest BCUT2D eigenvalue weighted by atomic mass is 10.0. The van der Waals surface area contributed by atoms with Gasteiger partial charge in [0.05, 0.1) is 20.4 Å². The fourth-order valence-electron chi connectivity index (χ4n) is 3.28. The zero-order valence-corrected chi connectivity index (χ0v) is 19.3. The number of halogens is 1. The van der Waals surface area contributed by atoms with E-state index < -0.39 is 10.8 Å². The first-order valence-corrected chi connectivity index (χ1v) is 12.0. The van der Waals surface area contributed by atoms with Crippen LogP contribution in [0.4, 0.5) is 14.5 Å². The molecule has 0 atom stereocenters. The highest BCUT2D eigenvalue weighted by Crippen LogP contribution is 2.39. The minimum Gasteiger partial charge on any atom is -0.297 e. The SMILES string of the molecule is CCCCc1ccc(-c2nc(NC(=O)c3ccc([N+](=O)[O-])s3)sc2-c2ccc(F)cc2)cc1. The lowest BCUT2D eigenvalue weighted by Crippen LogP contribution is -2.09. The van der Waals surface area contributed by atoms with Crippen LogP contribution in [0, 0.1) is 15.9 Å². The summed E-state index contributed by atoms with van der Waals surface area (Å²) in [6, 6.07) is 17.0. The second kappa shape index (κ2) is 10.0. The summed E-state index contributed by atoms with van der Waals surface area (Å²) in [6.45, 7) is 2.16. The van der Waals surface area contributed by atoms with Crippen LogP contribution in [0.2, 0.25) is 0 Å². The van der Waals surface area contributed by atoms with Gasteiger partial charge in [-0.1, -0.05) is 72.4 Å². The predicted octanol–water partition coefficient (Wildman–Crippen LogP) is 7.18. The zero-order chi connectivity index (χ0) is 23.4. The Morgan fingerprint density at radius 2 is 1.73 bits per heavy atom. The number of carbonyl (C=O) groups is 1. The lowest BCUT2D eigenvalue weighted by molar-refractivity contribution is -0.380. The van der Waals surface area contributed by atoms with E-state index in [9.17, 15) is 19.3 Å². The number of nitro groups is 1. The van der Waals surface area contributed by atoms with Crippen molar-refractivity contribution in [1.82, 2.24) is 4.98 Å². The van der Waals surface area contributed by atoms with Crippen LogP contribution >= 0.6 is 22.7 Å². The van der Waals surface area contributed by atoms with Gasteiger partial charge < -0.3 is 0 Å². The molecule has 168 valence electrons. The zero-order valence-electron chi connectivity index (χ0n) is 17.7. The summed E-state index contributed by atoms with van der Waals surface area (Å²) in [7, 11) is 0. The van der Waals surface area contributed by atoms with Gasteiger partial charge in [-0.3, -0.25) is 20.2 Å². The van der Waals surface area contributed by atoms with Crippen molar-refractivity contribution in [2.75, 3.05) is 5.32 Å². The van der Waals surface area contributed by atoms with Gasteiger partial charge >= 0.3 is 5.00 Å². The van der Waals surface area contributed by atoms with Crippen LogP contribution in [-0.2, 0) is 6.42 Å². The van der Waals surface area contributed by atoms with Crippen molar-refractivity contribution >= 4 is 38.7 Å². The highest BCUT2D eigenvalue weighted by atomic mass is 32.1. The number of hydrogen-bond acceptors (Lipinski definition) is 6. The van der Waals surface area contributed by atoms with Crippen molar-refractivity contribution in [2.45, 2.75) is 26.2 Å². The van der Waals surface area contributed by atoms with Crippen molar-refractivity contribution < 1.29 is 14.1 Å². The van der Waals surface area contributed by atoms with Crippen molar-refractivity contribution in [3.05, 3.63) is 87.0 Å². The molecule has 9 heteroatoms. The Bertz CT molecular complexity index is 1280. The van der Waals surface area contributed by atoms with E-state index >= 15 is 0 Å². The van der Waals surface area contributed by atoms with Gasteiger partial charge in [0, 0.05) is 11.6 Å². The van der Waals surface area contributed by atoms with Gasteiger partial charge in [-0.25, -0.2) is 9.37 Å². The van der Waals surface area contributed by atoms with Crippen LogP contribution in [0.5, 0.6) is 0 Å². The van der Waals surface area contributed by atoms with Crippen LogP contribution in [0.15, 0.2) is 60.7 Å². The number of nitrogens with one attached hydrogen (secondary N) is 1. The van der Waals surface area contributed by atoms with Crippen LogP contribution in [0.3, 0.4) is 0 Å². The van der Waals surface area contributed by atoms with Crippen molar-refractivity contribution in [3.63, 3.8) is 0 Å². The molecule has 0 spiro atoms. The van der Waals surface area contributed by atoms with Crippen LogP contribution in [0.25, 0.3) is 21.7 Å². The summed E-state index contributed by atoms with van der Waals surface area (Å²) < 4.78 is 13.5. The molecular weight excluding hydrogens is 461 g/mol. The molecule has 2 aromatic carbocycles. The predicted molar refractivity (Wildman–Crippen MR) is 130 cm³/mol. The van der Waals surface area contributed by atoms with E-state index in [0.29, 0.717) is 10.8 Å². The molecule has 0 aliphatic rings. The number of amides is 1. The summed E-state index contributed by atoms with van der Waals surface area (Å²) in [4.78, 5) is 28.7. The van der Waals surface area contributed by atoms with Crippen molar-refractivity contribution in [2.24, 2.45) is 0 Å². The second-order valence-electron chi connectivity index (χ2n) is 7.35. The number of rotatable bonds is 8. The fourth-order valence-corrected chi connectivity index (χ4v) is 4.99. The summed E-state index contributed by atoms with van der Waals surface area (Å²) in [5, 5.41) is 13.9. The van der Waals surface area contributed by atoms with Crippen LogP contribution in [-0.4, -0.2) is 15.8 Å². The average molecular weight is 482 g/mol. The number of thiazole rings is 1. The summed E-state index contributed by atoms with van der Waals surface area (Å²) >= 11 is 2.08. The van der Waals surface area contributed by atoms with E-state index in [1.807, 2.05) is 12.1 Å². The normalized spacial score (nSPS) is 10.8. The van der Waals surface area contributed by atoms with Gasteiger partial charge in [-0.2, -0.15) is 0 Å². The number of thiophene rings is 1. The van der Waals surface area contributed by atoms with Gasteiger partial charge in [0.15, 0.2) is 5.13 Å². The molecule has 2 aromatic heterocycles. The van der Waals surface area contributed by atoms with Crippen LogP contribution in [0.1, 0.15) is 35.0 Å². The Hall–Kier alpha value is -3.43. The van der Waals surface area contributed by atoms with Gasteiger partial charge in [-0.05, 0) is 42.2 Å². The minimum absolute atomic E-state index is 0.102. The molecule has 0 radical (unpaired) electrons. The Balaban J connectivity index is 1.66. The molecule has 6 nitrogen and oxygen atoms in total. The molecule has 33 heavy (non-hydrogen) atoms. The molecule has 0 saturated carbocycles. The number of carbonyl (C=O) groups excluding carboxylic acids is 1. The Labute approximate surface area is 197 Å². The third kappa shape index (κ3) is 5.32. The van der Waals surface area contributed by atoms with Gasteiger partial charge in [0.2, 0.25) is 0 Å². The largest absolute Gasteiger partial charge is 0.324 e. The summed E-state index contributed by atoms with van der Waals surface area (Å²) in [5.41, 5.74) is 3.59. The molecule has 1 N–H and O–H groups in total. The second-order valence-corrected chi connectivity index (χ2v) is 9.41. The van der Waals surface area contributed by atoms with E-state index in [-0.39, 0.29) is 15.7 Å². The first-order valence-electron chi connectivity index (χ1n) is 10.4. The van der Waals surface area contributed by atoms with E-state index in [1.165, 1.54) is 41.2 Å². The molecule has 1 amide bonds. The third-order valence-electron chi connectivity index (χ3n) is 5.00. The Morgan fingerprint density at radius 3 is 2.36 bits per heavy atom. The smallest absolute Gasteiger partial charge is 0.297 e. The van der Waals surface area contributed by atoms with Crippen molar-refractivity contribution in [3.8, 4) is 21.7 Å². The highest BCUT2D eigenvalue weighted by Gasteiger charge is 2.20. The number of hydrogen-bond donors (Lipinski definition) is 1. The molecule has 2 heterocycles. The van der Waals surface area contributed by atoms with E-state index in [4.69, 9.17) is 0 Å². The number of benzene rings is 2.